The summed E-state index contributed by atoms with van der Waals surface area (Å²) in [7, 11) is 1.38. The lowest BCUT2D eigenvalue weighted by Crippen LogP contribution is -2.32. The molecule has 0 unspecified atom stereocenters. The van der Waals surface area contributed by atoms with Gasteiger partial charge in [-0.25, -0.2) is 0 Å². The third-order valence-corrected chi connectivity index (χ3v) is 2.37. The fraction of sp³-hybridized carbons (Fsp3) is 0.333. The summed E-state index contributed by atoms with van der Waals surface area (Å²) in [6.07, 6.45) is 0. The fourth-order valence-corrected chi connectivity index (χ4v) is 1.21. The molecule has 0 heterocycles. The van der Waals surface area contributed by atoms with Gasteiger partial charge in [0.05, 0.1) is 0 Å². The van der Waals surface area contributed by atoms with Crippen molar-refractivity contribution in [1.82, 2.24) is 0 Å². The first-order valence-corrected chi connectivity index (χ1v) is 4.74. The standard InChI is InChI=1S/C9H13BClNO/c1-10(13)12(2)9-5-3-8(7-11)4-6-9/h3-6,13H,7H2,1-2H3. The highest BCUT2D eigenvalue weighted by atomic mass is 35.5. The molecule has 4 heteroatoms. The summed E-state index contributed by atoms with van der Waals surface area (Å²) >= 11 is 5.66. The molecule has 1 aromatic carbocycles. The maximum atomic E-state index is 9.30. The highest BCUT2D eigenvalue weighted by Gasteiger charge is 2.10. The van der Waals surface area contributed by atoms with E-state index in [2.05, 4.69) is 0 Å². The molecule has 0 atom stereocenters. The minimum Gasteiger partial charge on any atom is -0.432 e. The van der Waals surface area contributed by atoms with E-state index in [1.54, 1.807) is 11.6 Å². The molecular weight excluding hydrogens is 184 g/mol. The second-order valence-corrected chi connectivity index (χ2v) is 3.31. The zero-order chi connectivity index (χ0) is 9.84. The van der Waals surface area contributed by atoms with Gasteiger partial charge in [-0.15, -0.1) is 11.6 Å². The van der Waals surface area contributed by atoms with E-state index in [1.165, 1.54) is 0 Å². The first-order valence-electron chi connectivity index (χ1n) is 4.21. The fourth-order valence-electron chi connectivity index (χ4n) is 1.04. The van der Waals surface area contributed by atoms with E-state index in [0.717, 1.165) is 11.3 Å². The van der Waals surface area contributed by atoms with E-state index in [9.17, 15) is 5.02 Å². The molecule has 0 aliphatic rings. The summed E-state index contributed by atoms with van der Waals surface area (Å²) in [5, 5.41) is 9.30. The van der Waals surface area contributed by atoms with Crippen molar-refractivity contribution in [1.29, 1.82) is 0 Å². The molecule has 2 nitrogen and oxygen atoms in total. The molecule has 13 heavy (non-hydrogen) atoms. The molecule has 0 fully saturated rings. The van der Waals surface area contributed by atoms with E-state index in [4.69, 9.17) is 11.6 Å². The van der Waals surface area contributed by atoms with Crippen molar-refractivity contribution in [2.75, 3.05) is 11.9 Å². The number of rotatable bonds is 3. The first kappa shape index (κ1) is 10.4. The molecule has 0 aromatic heterocycles. The minimum atomic E-state index is -0.471. The molecule has 1 aromatic rings. The van der Waals surface area contributed by atoms with Gasteiger partial charge in [-0.05, 0) is 31.6 Å². The summed E-state index contributed by atoms with van der Waals surface area (Å²) in [6, 6.07) is 7.82. The van der Waals surface area contributed by atoms with Gasteiger partial charge in [0, 0.05) is 11.6 Å². The molecule has 0 aliphatic heterocycles. The van der Waals surface area contributed by atoms with Crippen LogP contribution in [0.5, 0.6) is 0 Å². The van der Waals surface area contributed by atoms with Crippen LogP contribution in [-0.2, 0) is 5.88 Å². The summed E-state index contributed by atoms with van der Waals surface area (Å²) in [6.45, 7) is 1.73. The molecule has 0 spiro atoms. The Morgan fingerprint density at radius 1 is 1.38 bits per heavy atom. The molecule has 1 N–H and O–H groups in total. The number of alkyl halides is 1. The van der Waals surface area contributed by atoms with Crippen LogP contribution < -0.4 is 4.81 Å². The number of halogens is 1. The van der Waals surface area contributed by atoms with Crippen LogP contribution in [0.4, 0.5) is 5.69 Å². The zero-order valence-electron chi connectivity index (χ0n) is 7.87. The first-order chi connectivity index (χ1) is 6.15. The van der Waals surface area contributed by atoms with Gasteiger partial charge in [0.15, 0.2) is 0 Å². The van der Waals surface area contributed by atoms with Crippen LogP contribution in [0.1, 0.15) is 5.56 Å². The van der Waals surface area contributed by atoms with E-state index in [0.29, 0.717) is 5.88 Å². The lowest BCUT2D eigenvalue weighted by Gasteiger charge is -2.19. The monoisotopic (exact) mass is 197 g/mol. The normalized spacial score (nSPS) is 9.85. The molecule has 1 rings (SSSR count). The van der Waals surface area contributed by atoms with Gasteiger partial charge in [0.1, 0.15) is 0 Å². The average molecular weight is 197 g/mol. The van der Waals surface area contributed by atoms with Gasteiger partial charge >= 0.3 is 7.05 Å². The quantitative estimate of drug-likeness (QED) is 0.592. The predicted molar refractivity (Wildman–Crippen MR) is 58.2 cm³/mol. The third-order valence-electron chi connectivity index (χ3n) is 2.06. The number of benzene rings is 1. The lowest BCUT2D eigenvalue weighted by molar-refractivity contribution is 0.575. The Labute approximate surface area is 84.3 Å². The molecule has 0 aliphatic carbocycles. The van der Waals surface area contributed by atoms with Crippen molar-refractivity contribution < 1.29 is 5.02 Å². The smallest absolute Gasteiger partial charge is 0.409 e. The van der Waals surface area contributed by atoms with Gasteiger partial charge in [-0.1, -0.05) is 12.1 Å². The number of hydrogen-bond acceptors (Lipinski definition) is 2. The molecular formula is C9H13BClNO. The number of nitrogens with zero attached hydrogens (tertiary/aromatic N) is 1. The summed E-state index contributed by atoms with van der Waals surface area (Å²) < 4.78 is 0. The van der Waals surface area contributed by atoms with E-state index in [-0.39, 0.29) is 0 Å². The van der Waals surface area contributed by atoms with Crippen molar-refractivity contribution in [3.05, 3.63) is 29.8 Å². The Kier molecular flexibility index (Phi) is 3.64. The van der Waals surface area contributed by atoms with Gasteiger partial charge in [-0.3, -0.25) is 0 Å². The van der Waals surface area contributed by atoms with E-state index in [1.807, 2.05) is 31.3 Å². The molecule has 70 valence electrons. The van der Waals surface area contributed by atoms with Crippen molar-refractivity contribution in [2.24, 2.45) is 0 Å². The molecule has 0 saturated carbocycles. The largest absolute Gasteiger partial charge is 0.432 e. The molecule has 0 saturated heterocycles. The Morgan fingerprint density at radius 3 is 2.31 bits per heavy atom. The van der Waals surface area contributed by atoms with E-state index >= 15 is 0 Å². The predicted octanol–water partition coefficient (Wildman–Crippen LogP) is 1.97. The minimum absolute atomic E-state index is 0.471. The van der Waals surface area contributed by atoms with Gasteiger partial charge in [0.25, 0.3) is 0 Å². The van der Waals surface area contributed by atoms with Crippen molar-refractivity contribution >= 4 is 24.3 Å². The Morgan fingerprint density at radius 2 is 1.92 bits per heavy atom. The number of hydrogen-bond donors (Lipinski definition) is 1. The van der Waals surface area contributed by atoms with Crippen LogP contribution in [0.25, 0.3) is 0 Å². The van der Waals surface area contributed by atoms with Crippen LogP contribution >= 0.6 is 11.6 Å². The average Bonchev–Trinajstić information content (AvgIpc) is 2.17. The van der Waals surface area contributed by atoms with Gasteiger partial charge < -0.3 is 9.83 Å². The highest BCUT2D eigenvalue weighted by Crippen LogP contribution is 2.15. The number of anilines is 1. The second kappa shape index (κ2) is 4.54. The Balaban J connectivity index is 2.79. The van der Waals surface area contributed by atoms with Crippen molar-refractivity contribution in [2.45, 2.75) is 12.7 Å². The highest BCUT2D eigenvalue weighted by molar-refractivity contribution is 6.53. The van der Waals surface area contributed by atoms with Crippen molar-refractivity contribution in [3.8, 4) is 0 Å². The topological polar surface area (TPSA) is 23.5 Å². The zero-order valence-corrected chi connectivity index (χ0v) is 8.62. The van der Waals surface area contributed by atoms with Gasteiger partial charge in [0.2, 0.25) is 0 Å². The van der Waals surface area contributed by atoms with Crippen molar-refractivity contribution in [3.63, 3.8) is 0 Å². The Hall–Kier alpha value is -0.665. The molecule has 0 bridgehead atoms. The van der Waals surface area contributed by atoms with Crippen LogP contribution in [0, 0.1) is 0 Å². The van der Waals surface area contributed by atoms with Crippen LogP contribution in [0.2, 0.25) is 6.82 Å². The SMILES string of the molecule is CB(O)N(C)c1ccc(CCl)cc1. The maximum Gasteiger partial charge on any atom is 0.409 e. The maximum absolute atomic E-state index is 9.30. The van der Waals surface area contributed by atoms with E-state index < -0.39 is 7.05 Å². The molecule has 0 amide bonds. The second-order valence-electron chi connectivity index (χ2n) is 3.04. The van der Waals surface area contributed by atoms with Crippen LogP contribution in [0.3, 0.4) is 0 Å². The summed E-state index contributed by atoms with van der Waals surface area (Å²) in [5.74, 6) is 0.526. The molecule has 0 radical (unpaired) electrons. The summed E-state index contributed by atoms with van der Waals surface area (Å²) in [4.78, 5) is 1.79. The van der Waals surface area contributed by atoms with Gasteiger partial charge in [-0.2, -0.15) is 0 Å². The van der Waals surface area contributed by atoms with Crippen LogP contribution in [-0.4, -0.2) is 19.1 Å². The summed E-state index contributed by atoms with van der Waals surface area (Å²) in [5.41, 5.74) is 2.08. The lowest BCUT2D eigenvalue weighted by atomic mass is 9.85. The van der Waals surface area contributed by atoms with Crippen LogP contribution in [0.15, 0.2) is 24.3 Å². The third kappa shape index (κ3) is 2.64. The Bertz CT molecular complexity index is 263.